The van der Waals surface area contributed by atoms with Crippen molar-refractivity contribution in [1.29, 1.82) is 0 Å². The smallest absolute Gasteiger partial charge is 0.125 e. The molecule has 3 N–H and O–H groups in total. The molecule has 0 spiro atoms. The second-order valence-corrected chi connectivity index (χ2v) is 5.16. The molecule has 1 aliphatic carbocycles. The van der Waals surface area contributed by atoms with Gasteiger partial charge >= 0.3 is 0 Å². The van der Waals surface area contributed by atoms with Crippen LogP contribution in [0.25, 0.3) is 0 Å². The molecule has 0 bridgehead atoms. The Balaban J connectivity index is 2.11. The van der Waals surface area contributed by atoms with Gasteiger partial charge in [-0.1, -0.05) is 6.42 Å². The molecule has 2 nitrogen and oxygen atoms in total. The van der Waals surface area contributed by atoms with Crippen molar-refractivity contribution in [3.05, 3.63) is 28.5 Å². The average Bonchev–Trinajstić information content (AvgIpc) is 2.71. The van der Waals surface area contributed by atoms with Gasteiger partial charge in [-0.15, -0.1) is 0 Å². The van der Waals surface area contributed by atoms with Gasteiger partial charge in [0, 0.05) is 10.5 Å². The van der Waals surface area contributed by atoms with Gasteiger partial charge in [0.2, 0.25) is 0 Å². The van der Waals surface area contributed by atoms with Crippen LogP contribution < -0.4 is 11.1 Å². The summed E-state index contributed by atoms with van der Waals surface area (Å²) in [4.78, 5) is 0. The van der Waals surface area contributed by atoms with Gasteiger partial charge in [-0.05, 0) is 59.4 Å². The number of benzene rings is 1. The number of rotatable bonds is 3. The van der Waals surface area contributed by atoms with Gasteiger partial charge in [-0.25, -0.2) is 4.39 Å². The maximum Gasteiger partial charge on any atom is 0.125 e. The average molecular weight is 287 g/mol. The summed E-state index contributed by atoms with van der Waals surface area (Å²) in [6.07, 6.45) is 3.48. The molecule has 0 amide bonds. The van der Waals surface area contributed by atoms with Crippen LogP contribution in [0.3, 0.4) is 0 Å². The van der Waals surface area contributed by atoms with E-state index in [1.54, 1.807) is 6.07 Å². The summed E-state index contributed by atoms with van der Waals surface area (Å²) in [6.45, 7) is 0.699. The summed E-state index contributed by atoms with van der Waals surface area (Å²) in [6, 6.07) is 5.08. The molecule has 4 heteroatoms. The van der Waals surface area contributed by atoms with Gasteiger partial charge in [-0.2, -0.15) is 0 Å². The standard InChI is InChI=1S/C12H16BrFN2/c13-10-5-4-9(14)6-12(10)16-11-3-1-2-8(11)7-15/h4-6,8,11,16H,1-3,7,15H2. The molecule has 0 radical (unpaired) electrons. The lowest BCUT2D eigenvalue weighted by molar-refractivity contribution is 0.516. The second-order valence-electron chi connectivity index (χ2n) is 4.30. The van der Waals surface area contributed by atoms with E-state index in [-0.39, 0.29) is 5.82 Å². The van der Waals surface area contributed by atoms with Gasteiger partial charge in [0.25, 0.3) is 0 Å². The normalized spacial score (nSPS) is 24.7. The third-order valence-electron chi connectivity index (χ3n) is 3.23. The molecule has 1 aliphatic rings. The van der Waals surface area contributed by atoms with Crippen LogP contribution in [0.15, 0.2) is 22.7 Å². The molecule has 0 aliphatic heterocycles. The molecule has 1 aromatic carbocycles. The van der Waals surface area contributed by atoms with Crippen LogP contribution in [0.5, 0.6) is 0 Å². The molecule has 1 aromatic rings. The highest BCUT2D eigenvalue weighted by molar-refractivity contribution is 9.10. The predicted molar refractivity (Wildman–Crippen MR) is 67.9 cm³/mol. The first-order valence-corrected chi connectivity index (χ1v) is 6.41. The predicted octanol–water partition coefficient (Wildman–Crippen LogP) is 3.13. The number of hydrogen-bond acceptors (Lipinski definition) is 2. The van der Waals surface area contributed by atoms with Crippen molar-refractivity contribution in [2.45, 2.75) is 25.3 Å². The van der Waals surface area contributed by atoms with Crippen LogP contribution in [0.2, 0.25) is 0 Å². The van der Waals surface area contributed by atoms with Crippen LogP contribution in [-0.4, -0.2) is 12.6 Å². The lowest BCUT2D eigenvalue weighted by atomic mass is 10.0. The van der Waals surface area contributed by atoms with E-state index >= 15 is 0 Å². The van der Waals surface area contributed by atoms with Gasteiger partial charge in [-0.3, -0.25) is 0 Å². The number of hydrogen-bond donors (Lipinski definition) is 2. The summed E-state index contributed by atoms with van der Waals surface area (Å²) in [5, 5.41) is 3.38. The van der Waals surface area contributed by atoms with E-state index in [1.165, 1.54) is 25.0 Å². The van der Waals surface area contributed by atoms with E-state index in [4.69, 9.17) is 5.73 Å². The molecule has 16 heavy (non-hydrogen) atoms. The summed E-state index contributed by atoms with van der Waals surface area (Å²) >= 11 is 3.42. The minimum absolute atomic E-state index is 0.215. The minimum Gasteiger partial charge on any atom is -0.381 e. The molecule has 1 saturated carbocycles. The fourth-order valence-corrected chi connectivity index (χ4v) is 2.68. The van der Waals surface area contributed by atoms with Gasteiger partial charge in [0.05, 0.1) is 5.69 Å². The SMILES string of the molecule is NCC1CCCC1Nc1cc(F)ccc1Br. The topological polar surface area (TPSA) is 38.0 Å². The van der Waals surface area contributed by atoms with Gasteiger partial charge in [0.15, 0.2) is 0 Å². The van der Waals surface area contributed by atoms with E-state index in [0.29, 0.717) is 18.5 Å². The van der Waals surface area contributed by atoms with E-state index in [9.17, 15) is 4.39 Å². The Hall–Kier alpha value is -0.610. The van der Waals surface area contributed by atoms with E-state index in [1.807, 2.05) is 0 Å². The molecular formula is C12H16BrFN2. The quantitative estimate of drug-likeness (QED) is 0.896. The summed E-state index contributed by atoms with van der Waals surface area (Å²) in [5.41, 5.74) is 6.54. The lowest BCUT2D eigenvalue weighted by Gasteiger charge is -2.21. The first-order chi connectivity index (χ1) is 7.70. The summed E-state index contributed by atoms with van der Waals surface area (Å²) in [7, 11) is 0. The number of nitrogens with two attached hydrogens (primary N) is 1. The molecule has 0 aromatic heterocycles. The second kappa shape index (κ2) is 5.15. The van der Waals surface area contributed by atoms with E-state index in [2.05, 4.69) is 21.2 Å². The van der Waals surface area contributed by atoms with Crippen molar-refractivity contribution in [1.82, 2.24) is 0 Å². The van der Waals surface area contributed by atoms with Crippen molar-refractivity contribution < 1.29 is 4.39 Å². The van der Waals surface area contributed by atoms with Crippen molar-refractivity contribution in [2.75, 3.05) is 11.9 Å². The highest BCUT2D eigenvalue weighted by atomic mass is 79.9. The Morgan fingerprint density at radius 3 is 3.00 bits per heavy atom. The highest BCUT2D eigenvalue weighted by Crippen LogP contribution is 2.31. The Morgan fingerprint density at radius 2 is 2.25 bits per heavy atom. The largest absolute Gasteiger partial charge is 0.381 e. The monoisotopic (exact) mass is 286 g/mol. The highest BCUT2D eigenvalue weighted by Gasteiger charge is 2.26. The van der Waals surface area contributed by atoms with Crippen LogP contribution in [-0.2, 0) is 0 Å². The zero-order valence-corrected chi connectivity index (χ0v) is 10.6. The third-order valence-corrected chi connectivity index (χ3v) is 3.92. The molecule has 0 saturated heterocycles. The Labute approximate surface area is 104 Å². The first kappa shape index (κ1) is 11.9. The Bertz CT molecular complexity index is 370. The fourth-order valence-electron chi connectivity index (χ4n) is 2.32. The van der Waals surface area contributed by atoms with Crippen molar-refractivity contribution in [2.24, 2.45) is 11.7 Å². The number of halogens is 2. The van der Waals surface area contributed by atoms with Gasteiger partial charge in [0.1, 0.15) is 5.82 Å². The molecule has 1 fully saturated rings. The van der Waals surface area contributed by atoms with E-state index < -0.39 is 0 Å². The third kappa shape index (κ3) is 2.55. The molecule has 0 heterocycles. The van der Waals surface area contributed by atoms with E-state index in [0.717, 1.165) is 16.6 Å². The van der Waals surface area contributed by atoms with Crippen LogP contribution in [0.4, 0.5) is 10.1 Å². The molecule has 2 unspecified atom stereocenters. The molecule has 88 valence electrons. The zero-order chi connectivity index (χ0) is 11.5. The van der Waals surface area contributed by atoms with Gasteiger partial charge < -0.3 is 11.1 Å². The number of anilines is 1. The zero-order valence-electron chi connectivity index (χ0n) is 9.05. The molecular weight excluding hydrogens is 271 g/mol. The summed E-state index contributed by atoms with van der Waals surface area (Å²) in [5.74, 6) is 0.295. The van der Waals surface area contributed by atoms with Crippen LogP contribution in [0.1, 0.15) is 19.3 Å². The lowest BCUT2D eigenvalue weighted by Crippen LogP contribution is -2.29. The molecule has 2 atom stereocenters. The summed E-state index contributed by atoms with van der Waals surface area (Å²) < 4.78 is 14.0. The van der Waals surface area contributed by atoms with Crippen molar-refractivity contribution in [3.8, 4) is 0 Å². The van der Waals surface area contributed by atoms with Crippen molar-refractivity contribution >= 4 is 21.6 Å². The van der Waals surface area contributed by atoms with Crippen molar-refractivity contribution in [3.63, 3.8) is 0 Å². The minimum atomic E-state index is -0.215. The maximum absolute atomic E-state index is 13.1. The fraction of sp³-hybridized carbons (Fsp3) is 0.500. The Kier molecular flexibility index (Phi) is 3.82. The van der Waals surface area contributed by atoms with Crippen LogP contribution >= 0.6 is 15.9 Å². The Morgan fingerprint density at radius 1 is 1.44 bits per heavy atom. The van der Waals surface area contributed by atoms with Crippen LogP contribution in [0, 0.1) is 11.7 Å². The first-order valence-electron chi connectivity index (χ1n) is 5.62. The maximum atomic E-state index is 13.1. The molecule has 2 rings (SSSR count). The number of nitrogens with one attached hydrogen (secondary N) is 1.